The van der Waals surface area contributed by atoms with Crippen molar-refractivity contribution in [2.45, 2.75) is 12.8 Å². The summed E-state index contributed by atoms with van der Waals surface area (Å²) >= 11 is 5.95. The van der Waals surface area contributed by atoms with Gasteiger partial charge in [0.15, 0.2) is 0 Å². The van der Waals surface area contributed by atoms with Gasteiger partial charge in [0, 0.05) is 23.2 Å². The van der Waals surface area contributed by atoms with E-state index in [9.17, 15) is 0 Å². The van der Waals surface area contributed by atoms with E-state index < -0.39 is 0 Å². The first-order chi connectivity index (χ1) is 9.78. The third kappa shape index (κ3) is 2.45. The van der Waals surface area contributed by atoms with E-state index in [1.54, 1.807) is 12.4 Å². The summed E-state index contributed by atoms with van der Waals surface area (Å²) in [5, 5.41) is 2.01. The van der Waals surface area contributed by atoms with Gasteiger partial charge in [0.25, 0.3) is 0 Å². The maximum absolute atomic E-state index is 5.95. The highest BCUT2D eigenvalue weighted by Crippen LogP contribution is 2.30. The molecule has 0 saturated carbocycles. The van der Waals surface area contributed by atoms with Crippen LogP contribution < -0.4 is 4.74 Å². The van der Waals surface area contributed by atoms with E-state index in [-0.39, 0.29) is 0 Å². The summed E-state index contributed by atoms with van der Waals surface area (Å²) in [7, 11) is 0. The number of alkyl halides is 1. The summed E-state index contributed by atoms with van der Waals surface area (Å²) in [5.41, 5.74) is 1.95. The van der Waals surface area contributed by atoms with Crippen molar-refractivity contribution in [2.24, 2.45) is 0 Å². The Hall–Kier alpha value is -2.13. The number of pyridine rings is 2. The molecule has 1 aromatic carbocycles. The summed E-state index contributed by atoms with van der Waals surface area (Å²) in [5.74, 6) is 1.67. The van der Waals surface area contributed by atoms with Crippen molar-refractivity contribution >= 4 is 22.4 Å². The SMILES string of the molecule is Cc1ccc(Oc2ncc(CCl)c3ccccc23)cn1. The maximum Gasteiger partial charge on any atom is 0.227 e. The summed E-state index contributed by atoms with van der Waals surface area (Å²) in [6.45, 7) is 1.94. The zero-order valence-corrected chi connectivity index (χ0v) is 11.8. The molecule has 0 radical (unpaired) electrons. The molecule has 0 aliphatic rings. The molecule has 0 aliphatic heterocycles. The zero-order chi connectivity index (χ0) is 13.9. The third-order valence-corrected chi connectivity index (χ3v) is 3.37. The number of hydrogen-bond acceptors (Lipinski definition) is 3. The van der Waals surface area contributed by atoms with Gasteiger partial charge < -0.3 is 4.74 Å². The number of fused-ring (bicyclic) bond motifs is 1. The van der Waals surface area contributed by atoms with Crippen LogP contribution in [0.5, 0.6) is 11.6 Å². The topological polar surface area (TPSA) is 35.0 Å². The molecule has 0 unspecified atom stereocenters. The highest BCUT2D eigenvalue weighted by atomic mass is 35.5. The van der Waals surface area contributed by atoms with Crippen LogP contribution in [0.2, 0.25) is 0 Å². The molecule has 4 heteroatoms. The van der Waals surface area contributed by atoms with Gasteiger partial charge in [-0.3, -0.25) is 4.98 Å². The van der Waals surface area contributed by atoms with Crippen molar-refractivity contribution in [2.75, 3.05) is 0 Å². The van der Waals surface area contributed by atoms with Gasteiger partial charge in [-0.1, -0.05) is 18.2 Å². The fraction of sp³-hybridized carbons (Fsp3) is 0.125. The van der Waals surface area contributed by atoms with Crippen molar-refractivity contribution in [3.8, 4) is 11.6 Å². The predicted octanol–water partition coefficient (Wildman–Crippen LogP) is 4.47. The molecule has 100 valence electrons. The number of hydrogen-bond donors (Lipinski definition) is 0. The van der Waals surface area contributed by atoms with Gasteiger partial charge in [0.05, 0.1) is 6.20 Å². The molecular weight excluding hydrogens is 272 g/mol. The number of ether oxygens (including phenoxy) is 1. The number of benzene rings is 1. The predicted molar refractivity (Wildman–Crippen MR) is 80.3 cm³/mol. The molecule has 0 N–H and O–H groups in total. The van der Waals surface area contributed by atoms with Crippen molar-refractivity contribution in [3.63, 3.8) is 0 Å². The Balaban J connectivity index is 2.06. The van der Waals surface area contributed by atoms with Crippen LogP contribution in [0.1, 0.15) is 11.3 Å². The van der Waals surface area contributed by atoms with Crippen molar-refractivity contribution in [3.05, 3.63) is 60.0 Å². The third-order valence-electron chi connectivity index (χ3n) is 3.08. The summed E-state index contributed by atoms with van der Waals surface area (Å²) in [6, 6.07) is 11.7. The summed E-state index contributed by atoms with van der Waals surface area (Å²) in [4.78, 5) is 8.58. The van der Waals surface area contributed by atoms with E-state index in [2.05, 4.69) is 9.97 Å². The van der Waals surface area contributed by atoms with E-state index in [0.717, 1.165) is 22.0 Å². The van der Waals surface area contributed by atoms with Gasteiger partial charge in [-0.25, -0.2) is 4.98 Å². The van der Waals surface area contributed by atoms with Crippen LogP contribution in [0.4, 0.5) is 0 Å². The van der Waals surface area contributed by atoms with Crippen molar-refractivity contribution in [1.29, 1.82) is 0 Å². The Bertz CT molecular complexity index is 741. The number of halogens is 1. The molecule has 0 atom stereocenters. The minimum atomic E-state index is 0.430. The molecule has 0 bridgehead atoms. The second kappa shape index (κ2) is 5.47. The summed E-state index contributed by atoms with van der Waals surface area (Å²) in [6.07, 6.45) is 3.45. The average Bonchev–Trinajstić information content (AvgIpc) is 2.50. The fourth-order valence-electron chi connectivity index (χ4n) is 2.04. The van der Waals surface area contributed by atoms with Gasteiger partial charge in [-0.15, -0.1) is 11.6 Å². The Labute approximate surface area is 122 Å². The van der Waals surface area contributed by atoms with E-state index >= 15 is 0 Å². The van der Waals surface area contributed by atoms with Gasteiger partial charge in [-0.2, -0.15) is 0 Å². The van der Waals surface area contributed by atoms with Crippen LogP contribution in [-0.2, 0) is 5.88 Å². The van der Waals surface area contributed by atoms with E-state index in [1.165, 1.54) is 0 Å². The van der Waals surface area contributed by atoms with E-state index in [0.29, 0.717) is 17.5 Å². The minimum Gasteiger partial charge on any atom is -0.437 e. The number of aryl methyl sites for hydroxylation is 1. The van der Waals surface area contributed by atoms with Gasteiger partial charge >= 0.3 is 0 Å². The molecule has 3 rings (SSSR count). The molecule has 0 spiro atoms. The quantitative estimate of drug-likeness (QED) is 0.666. The summed E-state index contributed by atoms with van der Waals surface area (Å²) < 4.78 is 5.83. The smallest absolute Gasteiger partial charge is 0.227 e. The van der Waals surface area contributed by atoms with Gasteiger partial charge in [0.1, 0.15) is 5.75 Å². The van der Waals surface area contributed by atoms with Gasteiger partial charge in [0.2, 0.25) is 5.88 Å². The first-order valence-electron chi connectivity index (χ1n) is 6.31. The highest BCUT2D eigenvalue weighted by Gasteiger charge is 2.08. The van der Waals surface area contributed by atoms with Crippen LogP contribution in [0.3, 0.4) is 0 Å². The van der Waals surface area contributed by atoms with E-state index in [1.807, 2.05) is 43.3 Å². The van der Waals surface area contributed by atoms with Crippen LogP contribution >= 0.6 is 11.6 Å². The molecule has 0 aliphatic carbocycles. The first-order valence-corrected chi connectivity index (χ1v) is 6.84. The second-order valence-corrected chi connectivity index (χ2v) is 4.77. The molecule has 20 heavy (non-hydrogen) atoms. The Kier molecular flexibility index (Phi) is 3.52. The monoisotopic (exact) mass is 284 g/mol. The Morgan fingerprint density at radius 2 is 1.80 bits per heavy atom. The highest BCUT2D eigenvalue weighted by molar-refractivity contribution is 6.18. The number of rotatable bonds is 3. The fourth-order valence-corrected chi connectivity index (χ4v) is 2.25. The van der Waals surface area contributed by atoms with Crippen LogP contribution in [0.25, 0.3) is 10.8 Å². The van der Waals surface area contributed by atoms with Crippen LogP contribution in [-0.4, -0.2) is 9.97 Å². The Morgan fingerprint density at radius 1 is 1.00 bits per heavy atom. The minimum absolute atomic E-state index is 0.430. The van der Waals surface area contributed by atoms with Gasteiger partial charge in [-0.05, 0) is 36.1 Å². The van der Waals surface area contributed by atoms with E-state index in [4.69, 9.17) is 16.3 Å². The van der Waals surface area contributed by atoms with Crippen molar-refractivity contribution in [1.82, 2.24) is 9.97 Å². The molecule has 3 nitrogen and oxygen atoms in total. The lowest BCUT2D eigenvalue weighted by Gasteiger charge is -2.10. The van der Waals surface area contributed by atoms with Crippen LogP contribution in [0.15, 0.2) is 48.8 Å². The lowest BCUT2D eigenvalue weighted by Crippen LogP contribution is -1.93. The molecule has 0 amide bonds. The molecule has 2 heterocycles. The Morgan fingerprint density at radius 3 is 2.50 bits per heavy atom. The number of aromatic nitrogens is 2. The lowest BCUT2D eigenvalue weighted by atomic mass is 10.1. The molecule has 3 aromatic rings. The number of nitrogens with zero attached hydrogens (tertiary/aromatic N) is 2. The normalized spacial score (nSPS) is 10.7. The standard InChI is InChI=1S/C16H13ClN2O/c1-11-6-7-13(10-18-11)20-16-15-5-3-2-4-14(15)12(8-17)9-19-16/h2-7,9-10H,8H2,1H3. The lowest BCUT2D eigenvalue weighted by molar-refractivity contribution is 0.466. The largest absolute Gasteiger partial charge is 0.437 e. The van der Waals surface area contributed by atoms with Crippen LogP contribution in [0, 0.1) is 6.92 Å². The molecular formula is C16H13ClN2O. The maximum atomic E-state index is 5.95. The molecule has 0 fully saturated rings. The first kappa shape index (κ1) is 12.9. The van der Waals surface area contributed by atoms with Crippen molar-refractivity contribution < 1.29 is 4.74 Å². The average molecular weight is 285 g/mol. The molecule has 2 aromatic heterocycles. The molecule has 0 saturated heterocycles. The second-order valence-electron chi connectivity index (χ2n) is 4.51. The zero-order valence-electron chi connectivity index (χ0n) is 11.0.